The fourth-order valence-corrected chi connectivity index (χ4v) is 3.17. The molecule has 1 aliphatic heterocycles. The van der Waals surface area contributed by atoms with Crippen LogP contribution in [-0.2, 0) is 11.4 Å². The molecule has 2 aliphatic rings. The van der Waals surface area contributed by atoms with Gasteiger partial charge in [0, 0.05) is 31.5 Å². The van der Waals surface area contributed by atoms with E-state index in [4.69, 9.17) is 4.84 Å². The topological polar surface area (TPSA) is 40.0 Å². The first-order valence-electron chi connectivity index (χ1n) is 6.72. The van der Waals surface area contributed by atoms with Gasteiger partial charge in [0.2, 0.25) is 0 Å². The third-order valence-electron chi connectivity index (χ3n) is 4.08. The maximum atomic E-state index is 11.6. The van der Waals surface area contributed by atoms with Crippen molar-refractivity contribution in [2.75, 3.05) is 19.7 Å². The summed E-state index contributed by atoms with van der Waals surface area (Å²) in [6, 6.07) is 10.7. The van der Waals surface area contributed by atoms with Crippen LogP contribution in [0.4, 0.5) is 0 Å². The van der Waals surface area contributed by atoms with E-state index < -0.39 is 0 Å². The van der Waals surface area contributed by atoms with Crippen LogP contribution < -0.4 is 5.23 Å². The number of hydrogen-bond acceptors (Lipinski definition) is 3. The van der Waals surface area contributed by atoms with Crippen molar-refractivity contribution in [1.82, 2.24) is 4.90 Å². The van der Waals surface area contributed by atoms with Crippen molar-refractivity contribution >= 4 is 0 Å². The summed E-state index contributed by atoms with van der Waals surface area (Å²) in [5, 5.41) is 11.7. The Morgan fingerprint density at radius 2 is 1.94 bits per heavy atom. The predicted octanol–water partition coefficient (Wildman–Crippen LogP) is 0.451. The summed E-state index contributed by atoms with van der Waals surface area (Å²) in [4.78, 5) is 7.54. The van der Waals surface area contributed by atoms with Crippen molar-refractivity contribution < 1.29 is 10.1 Å². The highest BCUT2D eigenvalue weighted by Crippen LogP contribution is 2.44. The SMILES string of the molecule is CCO[NH+]([O-])C1[C@H]2CN(Cc3ccccc3)C[C@@H]12. The summed E-state index contributed by atoms with van der Waals surface area (Å²) in [5.74, 6) is 1.10. The lowest BCUT2D eigenvalue weighted by molar-refractivity contribution is -1.06. The second kappa shape index (κ2) is 4.97. The molecule has 3 rings (SSSR count). The fraction of sp³-hybridized carbons (Fsp3) is 0.571. The third-order valence-corrected chi connectivity index (χ3v) is 4.08. The average molecular weight is 248 g/mol. The van der Waals surface area contributed by atoms with Crippen LogP contribution in [-0.4, -0.2) is 30.6 Å². The van der Waals surface area contributed by atoms with Crippen LogP contribution in [0, 0.1) is 17.0 Å². The minimum Gasteiger partial charge on any atom is -0.600 e. The minimum atomic E-state index is 0.0202. The number of nitrogens with zero attached hydrogens (tertiary/aromatic N) is 1. The molecule has 18 heavy (non-hydrogen) atoms. The van der Waals surface area contributed by atoms with Gasteiger partial charge in [-0.2, -0.15) is 0 Å². The highest BCUT2D eigenvalue weighted by molar-refractivity contribution is 5.16. The van der Waals surface area contributed by atoms with E-state index in [9.17, 15) is 5.21 Å². The normalized spacial score (nSPS) is 32.2. The summed E-state index contributed by atoms with van der Waals surface area (Å²) in [5.41, 5.74) is 1.35. The molecular weight excluding hydrogens is 228 g/mol. The Labute approximate surface area is 108 Å². The van der Waals surface area contributed by atoms with Crippen LogP contribution in [0.1, 0.15) is 12.5 Å². The number of rotatable bonds is 5. The first-order valence-corrected chi connectivity index (χ1v) is 6.72. The molecule has 0 spiro atoms. The van der Waals surface area contributed by atoms with Gasteiger partial charge < -0.3 is 5.21 Å². The van der Waals surface area contributed by atoms with Crippen molar-refractivity contribution in [3.63, 3.8) is 0 Å². The summed E-state index contributed by atoms with van der Waals surface area (Å²) >= 11 is 0. The van der Waals surface area contributed by atoms with Gasteiger partial charge in [0.25, 0.3) is 0 Å². The highest BCUT2D eigenvalue weighted by atomic mass is 16.9. The van der Waals surface area contributed by atoms with Crippen molar-refractivity contribution in [1.29, 1.82) is 0 Å². The molecule has 2 fully saturated rings. The Bertz CT molecular complexity index is 386. The molecule has 1 N–H and O–H groups in total. The Morgan fingerprint density at radius 1 is 1.28 bits per heavy atom. The molecule has 0 aromatic heterocycles. The lowest BCUT2D eigenvalue weighted by Gasteiger charge is -2.24. The van der Waals surface area contributed by atoms with Gasteiger partial charge in [0.05, 0.1) is 0 Å². The first-order chi connectivity index (χ1) is 8.79. The molecule has 1 aromatic rings. The van der Waals surface area contributed by atoms with E-state index in [1.165, 1.54) is 5.56 Å². The summed E-state index contributed by atoms with van der Waals surface area (Å²) in [7, 11) is 0. The molecule has 4 nitrogen and oxygen atoms in total. The zero-order valence-electron chi connectivity index (χ0n) is 10.7. The molecular formula is C14H20N2O2. The van der Waals surface area contributed by atoms with Gasteiger partial charge in [0.1, 0.15) is 12.6 Å². The number of hydroxylamine groups is 2. The summed E-state index contributed by atoms with van der Waals surface area (Å²) in [6.07, 6.45) is 0. The van der Waals surface area contributed by atoms with Gasteiger partial charge in [-0.3, -0.25) is 4.90 Å². The number of fused-ring (bicyclic) bond motifs is 1. The third kappa shape index (κ3) is 2.29. The molecule has 0 bridgehead atoms. The summed E-state index contributed by atoms with van der Waals surface area (Å²) in [6.45, 7) is 5.47. The number of likely N-dealkylation sites (tertiary alicyclic amines) is 1. The largest absolute Gasteiger partial charge is 0.600 e. The molecule has 1 saturated heterocycles. The van der Waals surface area contributed by atoms with E-state index in [2.05, 4.69) is 29.2 Å². The van der Waals surface area contributed by atoms with E-state index in [1.807, 2.05) is 13.0 Å². The zero-order chi connectivity index (χ0) is 12.5. The fourth-order valence-electron chi connectivity index (χ4n) is 3.17. The van der Waals surface area contributed by atoms with Gasteiger partial charge in [-0.05, 0) is 12.5 Å². The maximum Gasteiger partial charge on any atom is 0.126 e. The molecule has 1 saturated carbocycles. The molecule has 2 unspecified atom stereocenters. The Kier molecular flexibility index (Phi) is 3.35. The second-order valence-electron chi connectivity index (χ2n) is 5.29. The van der Waals surface area contributed by atoms with Gasteiger partial charge in [0.15, 0.2) is 0 Å². The van der Waals surface area contributed by atoms with Crippen LogP contribution in [0.5, 0.6) is 0 Å². The van der Waals surface area contributed by atoms with Gasteiger partial charge >= 0.3 is 0 Å². The number of piperidine rings is 1. The predicted molar refractivity (Wildman–Crippen MR) is 68.4 cm³/mol. The Balaban J connectivity index is 1.49. The Hall–Kier alpha value is -0.940. The smallest absolute Gasteiger partial charge is 0.126 e. The van der Waals surface area contributed by atoms with E-state index in [0.29, 0.717) is 18.4 Å². The van der Waals surface area contributed by atoms with Crippen molar-refractivity contribution in [3.8, 4) is 0 Å². The number of benzene rings is 1. The number of quaternary nitrogens is 1. The Morgan fingerprint density at radius 3 is 2.56 bits per heavy atom. The van der Waals surface area contributed by atoms with Crippen LogP contribution in [0.25, 0.3) is 0 Å². The molecule has 0 radical (unpaired) electrons. The standard InChI is InChI=1S/C14H20N2O2/c1-2-18-16(17)14-12-9-15(10-13(12)14)8-11-6-4-3-5-7-11/h3-7,12-14,16H,2,8-10H2,1H3/t12-,13+,14?. The zero-order valence-corrected chi connectivity index (χ0v) is 10.7. The van der Waals surface area contributed by atoms with Crippen molar-refractivity contribution in [3.05, 3.63) is 41.1 Å². The monoisotopic (exact) mass is 248 g/mol. The highest BCUT2D eigenvalue weighted by Gasteiger charge is 2.61. The van der Waals surface area contributed by atoms with E-state index >= 15 is 0 Å². The minimum absolute atomic E-state index is 0.0202. The second-order valence-corrected chi connectivity index (χ2v) is 5.29. The van der Waals surface area contributed by atoms with Gasteiger partial charge in [-0.1, -0.05) is 30.3 Å². The molecule has 1 aliphatic carbocycles. The average Bonchev–Trinajstić information content (AvgIpc) is 2.88. The quantitative estimate of drug-likeness (QED) is 0.769. The van der Waals surface area contributed by atoms with Crippen LogP contribution >= 0.6 is 0 Å². The van der Waals surface area contributed by atoms with Crippen LogP contribution in [0.15, 0.2) is 30.3 Å². The summed E-state index contributed by atoms with van der Waals surface area (Å²) < 4.78 is 0. The molecule has 4 atom stereocenters. The van der Waals surface area contributed by atoms with Gasteiger partial charge in [-0.25, -0.2) is 10.1 Å². The lowest BCUT2D eigenvalue weighted by atomic mass is 10.2. The molecule has 1 aromatic carbocycles. The van der Waals surface area contributed by atoms with Gasteiger partial charge in [-0.15, -0.1) is 0 Å². The van der Waals surface area contributed by atoms with E-state index in [-0.39, 0.29) is 11.3 Å². The number of hydrogen-bond donors (Lipinski definition) is 1. The number of nitrogens with one attached hydrogen (secondary N) is 1. The van der Waals surface area contributed by atoms with E-state index in [1.54, 1.807) is 0 Å². The van der Waals surface area contributed by atoms with Crippen LogP contribution in [0.3, 0.4) is 0 Å². The maximum absolute atomic E-state index is 11.6. The molecule has 1 heterocycles. The molecule has 98 valence electrons. The molecule has 4 heteroatoms. The van der Waals surface area contributed by atoms with Crippen molar-refractivity contribution in [2.24, 2.45) is 11.8 Å². The van der Waals surface area contributed by atoms with E-state index in [0.717, 1.165) is 19.6 Å². The van der Waals surface area contributed by atoms with Crippen molar-refractivity contribution in [2.45, 2.75) is 19.5 Å². The molecule has 0 amide bonds. The lowest BCUT2D eigenvalue weighted by Crippen LogP contribution is -3.08. The first kappa shape index (κ1) is 12.1. The van der Waals surface area contributed by atoms with Crippen LogP contribution in [0.2, 0.25) is 0 Å².